The Morgan fingerprint density at radius 3 is 2.39 bits per heavy atom. The lowest BCUT2D eigenvalue weighted by atomic mass is 9.96. The van der Waals surface area contributed by atoms with Crippen LogP contribution < -0.4 is 37.5 Å². The molecule has 0 aliphatic carbocycles. The summed E-state index contributed by atoms with van der Waals surface area (Å²) in [6, 6.07) is 1.94. The van der Waals surface area contributed by atoms with Crippen molar-refractivity contribution in [2.75, 3.05) is 19.7 Å². The third-order valence-electron chi connectivity index (χ3n) is 9.85. The van der Waals surface area contributed by atoms with Crippen LogP contribution >= 0.6 is 0 Å². The Balaban J connectivity index is 1.92. The molecule has 0 aromatic heterocycles. The number of hydrogen-bond acceptors (Lipinski definition) is 8. The molecule has 4 rings (SSSR count). The van der Waals surface area contributed by atoms with Crippen LogP contribution in [0.5, 0.6) is 5.75 Å². The van der Waals surface area contributed by atoms with Gasteiger partial charge in [-0.15, -0.1) is 0 Å². The second-order valence-corrected chi connectivity index (χ2v) is 14.7. The molecule has 54 heavy (non-hydrogen) atoms. The summed E-state index contributed by atoms with van der Waals surface area (Å²) in [4.78, 5) is 86.1. The summed E-state index contributed by atoms with van der Waals surface area (Å²) < 4.78 is 5.88. The number of nitrogens with two attached hydrogens (primary N) is 2. The number of aliphatic imine (C=N–C) groups is 1. The van der Waals surface area contributed by atoms with Gasteiger partial charge in [-0.05, 0) is 80.9 Å². The third kappa shape index (κ3) is 13.8. The predicted molar refractivity (Wildman–Crippen MR) is 203 cm³/mol. The number of carboxylic acids is 1. The average Bonchev–Trinajstić information content (AvgIpc) is 3.62. The van der Waals surface area contributed by atoms with Gasteiger partial charge in [-0.3, -0.25) is 29.0 Å². The van der Waals surface area contributed by atoms with Crippen LogP contribution in [0.15, 0.2) is 29.3 Å². The van der Waals surface area contributed by atoms with Crippen molar-refractivity contribution in [1.29, 1.82) is 0 Å². The normalized spacial score (nSPS) is 21.8. The molecule has 5 amide bonds. The van der Waals surface area contributed by atoms with Gasteiger partial charge in [0.25, 0.3) is 0 Å². The van der Waals surface area contributed by atoms with Crippen LogP contribution in [0.1, 0.15) is 97.5 Å². The number of hydrogen-bond donors (Lipinski definition) is 7. The number of fused-ring (bicyclic) bond motifs is 14. The van der Waals surface area contributed by atoms with Gasteiger partial charge in [-0.25, -0.2) is 4.79 Å². The molecule has 3 aliphatic rings. The first-order valence-electron chi connectivity index (χ1n) is 19.2. The fourth-order valence-electron chi connectivity index (χ4n) is 6.63. The summed E-state index contributed by atoms with van der Waals surface area (Å²) >= 11 is 0. The molecular weight excluding hydrogens is 696 g/mol. The molecule has 0 radical (unpaired) electrons. The first-order chi connectivity index (χ1) is 25.7. The van der Waals surface area contributed by atoms with E-state index in [1.54, 1.807) is 31.2 Å². The summed E-state index contributed by atoms with van der Waals surface area (Å²) in [5.41, 5.74) is 11.6. The molecule has 16 heteroatoms. The molecule has 1 fully saturated rings. The van der Waals surface area contributed by atoms with Crippen LogP contribution in [0.4, 0.5) is 0 Å². The van der Waals surface area contributed by atoms with Crippen molar-refractivity contribution in [1.82, 2.24) is 26.2 Å². The van der Waals surface area contributed by atoms with E-state index < -0.39 is 59.8 Å². The number of benzene rings is 1. The topological polar surface area (TPSA) is 248 Å². The Morgan fingerprint density at radius 1 is 1.02 bits per heavy atom. The van der Waals surface area contributed by atoms with E-state index in [4.69, 9.17) is 16.2 Å². The highest BCUT2D eigenvalue weighted by Gasteiger charge is 2.39. The number of carbonyl (C=O) groups excluding carboxylic acids is 5. The number of nitrogens with one attached hydrogen (secondary N) is 4. The Kier molecular flexibility index (Phi) is 17.5. The molecular formula is C38H60N8O8. The summed E-state index contributed by atoms with van der Waals surface area (Å²) in [5.74, 6) is -3.51. The van der Waals surface area contributed by atoms with Crippen molar-refractivity contribution in [2.45, 2.75) is 129 Å². The zero-order chi connectivity index (χ0) is 39.8. The molecule has 6 atom stereocenters. The number of carbonyl (C=O) groups is 6. The molecule has 1 aromatic carbocycles. The van der Waals surface area contributed by atoms with Gasteiger partial charge in [0.1, 0.15) is 36.0 Å². The quantitative estimate of drug-likeness (QED) is 0.0865. The van der Waals surface area contributed by atoms with Gasteiger partial charge in [-0.2, -0.15) is 0 Å². The summed E-state index contributed by atoms with van der Waals surface area (Å²) in [7, 11) is 0. The van der Waals surface area contributed by atoms with E-state index in [-0.39, 0.29) is 62.5 Å². The van der Waals surface area contributed by atoms with Crippen molar-refractivity contribution >= 4 is 41.5 Å². The molecule has 300 valence electrons. The predicted octanol–water partition coefficient (Wildman–Crippen LogP) is 1.34. The second kappa shape index (κ2) is 21.7. The van der Waals surface area contributed by atoms with E-state index >= 15 is 0 Å². The molecule has 0 saturated carbocycles. The van der Waals surface area contributed by atoms with Crippen LogP contribution in [0.2, 0.25) is 0 Å². The first kappa shape index (κ1) is 43.5. The van der Waals surface area contributed by atoms with Gasteiger partial charge in [0.2, 0.25) is 29.5 Å². The zero-order valence-corrected chi connectivity index (χ0v) is 32.1. The SMILES string of the molecule is CC[C@H](C)[C@H](NC(=O)[C@@H]1Cc2ccc(cc2)OCCCCCC(=O)N[C@@H](CCCN=C(N)N)C(=O)N2CCC[C@H]2C(=O)N1)C(=O)N[C@@H](CC(C)C)C(=O)O. The van der Waals surface area contributed by atoms with Gasteiger partial charge in [0.05, 0.1) is 6.61 Å². The Hall–Kier alpha value is -4.89. The molecule has 2 bridgehead atoms. The Bertz CT molecular complexity index is 1470. The van der Waals surface area contributed by atoms with Gasteiger partial charge in [-0.1, -0.05) is 46.2 Å². The monoisotopic (exact) mass is 756 g/mol. The number of guanidine groups is 1. The van der Waals surface area contributed by atoms with Crippen molar-refractivity contribution < 1.29 is 38.6 Å². The number of nitrogens with zero attached hydrogens (tertiary/aromatic N) is 2. The van der Waals surface area contributed by atoms with Crippen LogP contribution in [0.3, 0.4) is 0 Å². The Labute approximate surface area is 318 Å². The van der Waals surface area contributed by atoms with Crippen molar-refractivity contribution in [3.8, 4) is 5.75 Å². The third-order valence-corrected chi connectivity index (χ3v) is 9.85. The maximum absolute atomic E-state index is 14.1. The van der Waals surface area contributed by atoms with E-state index in [9.17, 15) is 33.9 Å². The number of aliphatic carboxylic acids is 1. The fraction of sp³-hybridized carbons (Fsp3) is 0.658. The summed E-state index contributed by atoms with van der Waals surface area (Å²) in [6.07, 6.45) is 4.59. The number of amides is 5. The smallest absolute Gasteiger partial charge is 0.326 e. The Morgan fingerprint density at radius 2 is 1.74 bits per heavy atom. The number of ether oxygens (including phenoxy) is 1. The molecule has 16 nitrogen and oxygen atoms in total. The van der Waals surface area contributed by atoms with Crippen LogP contribution in [-0.2, 0) is 35.2 Å². The van der Waals surface area contributed by atoms with E-state index in [0.29, 0.717) is 50.0 Å². The van der Waals surface area contributed by atoms with Crippen LogP contribution in [0.25, 0.3) is 0 Å². The standard InChI is InChI=1S/C38H60N8O8/c1-5-24(4)32(35(50)44-29(37(52)53)21-23(2)3)45-33(48)28-22-25-14-16-26(17-15-25)54-20-8-6-7-13-31(47)42-27(11-9-18-41-38(39)40)36(51)46-19-10-12-30(46)34(49)43-28/h14-17,23-24,27-30,32H,5-13,18-22H2,1-4H3,(H,42,47)(H,43,49)(H,44,50)(H,45,48)(H,52,53)(H4,39,40,41)/t24-,27-,28-,29-,30-,32-/m0/s1. The highest BCUT2D eigenvalue weighted by molar-refractivity contribution is 5.96. The van der Waals surface area contributed by atoms with Crippen molar-refractivity contribution in [3.63, 3.8) is 0 Å². The summed E-state index contributed by atoms with van der Waals surface area (Å²) in [5, 5.41) is 20.9. The van der Waals surface area contributed by atoms with Gasteiger partial charge >= 0.3 is 5.97 Å². The largest absolute Gasteiger partial charge is 0.494 e. The van der Waals surface area contributed by atoms with E-state index in [0.717, 1.165) is 12.8 Å². The van der Waals surface area contributed by atoms with E-state index in [1.165, 1.54) is 4.90 Å². The van der Waals surface area contributed by atoms with Gasteiger partial charge < -0.3 is 47.5 Å². The van der Waals surface area contributed by atoms with Crippen molar-refractivity contribution in [2.24, 2.45) is 28.3 Å². The fourth-order valence-corrected chi connectivity index (χ4v) is 6.63. The molecule has 0 unspecified atom stereocenters. The molecule has 1 saturated heterocycles. The van der Waals surface area contributed by atoms with Gasteiger partial charge in [0.15, 0.2) is 5.96 Å². The minimum Gasteiger partial charge on any atom is -0.494 e. The highest BCUT2D eigenvalue weighted by atomic mass is 16.5. The maximum Gasteiger partial charge on any atom is 0.326 e. The molecule has 3 heterocycles. The lowest BCUT2D eigenvalue weighted by Gasteiger charge is -2.31. The van der Waals surface area contributed by atoms with Gasteiger partial charge in [0, 0.05) is 25.9 Å². The molecule has 3 aliphatic heterocycles. The minimum absolute atomic E-state index is 0.00511. The minimum atomic E-state index is -1.17. The lowest BCUT2D eigenvalue weighted by Crippen LogP contribution is -2.60. The van der Waals surface area contributed by atoms with E-state index in [1.807, 2.05) is 20.8 Å². The first-order valence-corrected chi connectivity index (χ1v) is 19.2. The number of rotatable bonds is 13. The molecule has 1 aromatic rings. The van der Waals surface area contributed by atoms with E-state index in [2.05, 4.69) is 26.3 Å². The van der Waals surface area contributed by atoms with Crippen molar-refractivity contribution in [3.05, 3.63) is 29.8 Å². The second-order valence-electron chi connectivity index (χ2n) is 14.7. The zero-order valence-electron chi connectivity index (χ0n) is 32.1. The van der Waals surface area contributed by atoms with Crippen LogP contribution in [-0.4, -0.2) is 101 Å². The maximum atomic E-state index is 14.1. The number of carboxylic acid groups (broad SMARTS) is 1. The summed E-state index contributed by atoms with van der Waals surface area (Å²) in [6.45, 7) is 8.31. The molecule has 0 spiro atoms. The molecule has 9 N–H and O–H groups in total. The van der Waals surface area contributed by atoms with Crippen LogP contribution in [0, 0.1) is 11.8 Å². The average molecular weight is 757 g/mol. The highest BCUT2D eigenvalue weighted by Crippen LogP contribution is 2.22. The lowest BCUT2D eigenvalue weighted by molar-refractivity contribution is -0.143.